The normalized spacial score (nSPS) is 10.7. The number of nitrogens with zero attached hydrogens (tertiary/aromatic N) is 2. The largest absolute Gasteiger partial charge is 0.397 e. The zero-order valence-corrected chi connectivity index (χ0v) is 10.7. The Hall–Kier alpha value is -2.14. The van der Waals surface area contributed by atoms with E-state index in [1.165, 1.54) is 0 Å². The summed E-state index contributed by atoms with van der Waals surface area (Å²) in [6, 6.07) is 9.94. The predicted octanol–water partition coefficient (Wildman–Crippen LogP) is 3.33. The van der Waals surface area contributed by atoms with Crippen LogP contribution in [0.4, 0.5) is 16.6 Å². The molecule has 90 valence electrons. The average Bonchev–Trinajstić information content (AvgIpc) is 2.75. The van der Waals surface area contributed by atoms with E-state index in [-0.39, 0.29) is 0 Å². The molecule has 4 nitrogen and oxygen atoms in total. The van der Waals surface area contributed by atoms with Gasteiger partial charge in [-0.2, -0.15) is 0 Å². The van der Waals surface area contributed by atoms with Crippen LogP contribution in [0, 0.1) is 6.92 Å². The maximum Gasteiger partial charge on any atom is 0.189 e. The number of nitrogens with one attached hydrogen (secondary N) is 1. The monoisotopic (exact) mass is 256 g/mol. The van der Waals surface area contributed by atoms with E-state index in [2.05, 4.69) is 21.4 Å². The number of hydrogen-bond acceptors (Lipinski definition) is 5. The minimum Gasteiger partial charge on any atom is -0.397 e. The maximum absolute atomic E-state index is 5.68. The van der Waals surface area contributed by atoms with Crippen molar-refractivity contribution in [1.29, 1.82) is 0 Å². The quantitative estimate of drug-likeness (QED) is 0.738. The smallest absolute Gasteiger partial charge is 0.189 e. The molecule has 0 unspecified atom stereocenters. The Labute approximate surface area is 109 Å². The summed E-state index contributed by atoms with van der Waals surface area (Å²) in [4.78, 5) is 8.78. The molecule has 0 amide bonds. The Morgan fingerprint density at radius 1 is 1.28 bits per heavy atom. The number of para-hydroxylation sites is 1. The van der Waals surface area contributed by atoms with Crippen LogP contribution >= 0.6 is 11.3 Å². The summed E-state index contributed by atoms with van der Waals surface area (Å²) in [6.07, 6.45) is 1.64. The molecule has 1 aromatic carbocycles. The van der Waals surface area contributed by atoms with Crippen molar-refractivity contribution in [2.24, 2.45) is 0 Å². The van der Waals surface area contributed by atoms with Gasteiger partial charge in [0.15, 0.2) is 5.13 Å². The highest BCUT2D eigenvalue weighted by atomic mass is 32.1. The van der Waals surface area contributed by atoms with Crippen LogP contribution in [0.3, 0.4) is 0 Å². The van der Waals surface area contributed by atoms with Crippen molar-refractivity contribution in [2.75, 3.05) is 11.1 Å². The highest BCUT2D eigenvalue weighted by Gasteiger charge is 2.06. The standard InChI is InChI=1S/C13H12N4S/c1-8-6-9(14)7-15-12(8)17-13-16-10-4-2-3-5-11(10)18-13/h2-7H,14H2,1H3,(H,15,16,17). The topological polar surface area (TPSA) is 63.8 Å². The van der Waals surface area contributed by atoms with Crippen molar-refractivity contribution in [2.45, 2.75) is 6.92 Å². The molecule has 0 spiro atoms. The molecule has 0 saturated carbocycles. The lowest BCUT2D eigenvalue weighted by Crippen LogP contribution is -1.97. The minimum atomic E-state index is 0.669. The van der Waals surface area contributed by atoms with Crippen LogP contribution in [0.5, 0.6) is 0 Å². The summed E-state index contributed by atoms with van der Waals surface area (Å²) in [7, 11) is 0. The molecule has 3 rings (SSSR count). The number of anilines is 3. The number of aryl methyl sites for hydroxylation is 1. The van der Waals surface area contributed by atoms with Crippen molar-refractivity contribution < 1.29 is 0 Å². The molecule has 18 heavy (non-hydrogen) atoms. The number of fused-ring (bicyclic) bond motifs is 1. The van der Waals surface area contributed by atoms with E-state index in [0.29, 0.717) is 5.69 Å². The second-order valence-electron chi connectivity index (χ2n) is 4.05. The number of benzene rings is 1. The number of aromatic nitrogens is 2. The van der Waals surface area contributed by atoms with Gasteiger partial charge in [-0.05, 0) is 30.7 Å². The van der Waals surface area contributed by atoms with Gasteiger partial charge in [0.1, 0.15) is 5.82 Å². The van der Waals surface area contributed by atoms with Gasteiger partial charge in [0.25, 0.3) is 0 Å². The first-order valence-corrected chi connectivity index (χ1v) is 6.39. The number of rotatable bonds is 2. The van der Waals surface area contributed by atoms with Crippen molar-refractivity contribution in [3.63, 3.8) is 0 Å². The molecule has 0 radical (unpaired) electrons. The average molecular weight is 256 g/mol. The van der Waals surface area contributed by atoms with Crippen LogP contribution in [0.15, 0.2) is 36.5 Å². The highest BCUT2D eigenvalue weighted by molar-refractivity contribution is 7.22. The molecule has 2 heterocycles. The zero-order chi connectivity index (χ0) is 12.5. The van der Waals surface area contributed by atoms with Crippen LogP contribution < -0.4 is 11.1 Å². The third kappa shape index (κ3) is 2.00. The molecule has 0 atom stereocenters. The van der Waals surface area contributed by atoms with Gasteiger partial charge in [0.2, 0.25) is 0 Å². The molecular formula is C13H12N4S. The van der Waals surface area contributed by atoms with Crippen LogP contribution in [-0.2, 0) is 0 Å². The fourth-order valence-electron chi connectivity index (χ4n) is 1.75. The number of thiazole rings is 1. The van der Waals surface area contributed by atoms with E-state index in [4.69, 9.17) is 5.73 Å². The SMILES string of the molecule is Cc1cc(N)cnc1Nc1nc2ccccc2s1. The third-order valence-electron chi connectivity index (χ3n) is 2.62. The molecule has 0 saturated heterocycles. The molecule has 3 N–H and O–H groups in total. The van der Waals surface area contributed by atoms with E-state index in [1.807, 2.05) is 31.2 Å². The molecule has 5 heteroatoms. The van der Waals surface area contributed by atoms with Gasteiger partial charge in [-0.1, -0.05) is 23.5 Å². The molecule has 0 aliphatic carbocycles. The summed E-state index contributed by atoms with van der Waals surface area (Å²) < 4.78 is 1.16. The van der Waals surface area contributed by atoms with Gasteiger partial charge >= 0.3 is 0 Å². The zero-order valence-electron chi connectivity index (χ0n) is 9.84. The lowest BCUT2D eigenvalue weighted by atomic mass is 10.3. The van der Waals surface area contributed by atoms with Crippen LogP contribution in [0.1, 0.15) is 5.56 Å². The van der Waals surface area contributed by atoms with E-state index < -0.39 is 0 Å². The summed E-state index contributed by atoms with van der Waals surface area (Å²) >= 11 is 1.61. The lowest BCUT2D eigenvalue weighted by molar-refractivity contribution is 1.25. The van der Waals surface area contributed by atoms with E-state index in [0.717, 1.165) is 26.7 Å². The van der Waals surface area contributed by atoms with Gasteiger partial charge < -0.3 is 11.1 Å². The first-order valence-electron chi connectivity index (χ1n) is 5.57. The fourth-order valence-corrected chi connectivity index (χ4v) is 2.62. The molecule has 0 aliphatic heterocycles. The minimum absolute atomic E-state index is 0.669. The summed E-state index contributed by atoms with van der Waals surface area (Å²) in [5, 5.41) is 4.07. The van der Waals surface area contributed by atoms with E-state index in [1.54, 1.807) is 17.5 Å². The molecule has 3 aromatic rings. The molecule has 2 aromatic heterocycles. The summed E-state index contributed by atoms with van der Waals surface area (Å²) in [6.45, 7) is 1.97. The second-order valence-corrected chi connectivity index (χ2v) is 5.08. The van der Waals surface area contributed by atoms with Crippen molar-refractivity contribution in [1.82, 2.24) is 9.97 Å². The maximum atomic E-state index is 5.68. The van der Waals surface area contributed by atoms with Gasteiger partial charge in [-0.3, -0.25) is 0 Å². The Bertz CT molecular complexity index is 672. The first kappa shape index (κ1) is 11.0. The summed E-state index contributed by atoms with van der Waals surface area (Å²) in [5.74, 6) is 0.795. The van der Waals surface area contributed by atoms with Crippen LogP contribution in [0.2, 0.25) is 0 Å². The third-order valence-corrected chi connectivity index (χ3v) is 3.57. The number of hydrogen-bond donors (Lipinski definition) is 2. The number of nitrogen functional groups attached to an aromatic ring is 1. The van der Waals surface area contributed by atoms with E-state index in [9.17, 15) is 0 Å². The van der Waals surface area contributed by atoms with Gasteiger partial charge in [0.05, 0.1) is 22.1 Å². The summed E-state index contributed by atoms with van der Waals surface area (Å²) in [5.41, 5.74) is 8.35. The highest BCUT2D eigenvalue weighted by Crippen LogP contribution is 2.28. The van der Waals surface area contributed by atoms with E-state index >= 15 is 0 Å². The second kappa shape index (κ2) is 4.27. The van der Waals surface area contributed by atoms with Crippen LogP contribution in [0.25, 0.3) is 10.2 Å². The first-order chi connectivity index (χ1) is 8.72. The number of pyridine rings is 1. The molecular weight excluding hydrogens is 244 g/mol. The Balaban J connectivity index is 1.96. The Kier molecular flexibility index (Phi) is 2.60. The molecule has 0 fully saturated rings. The van der Waals surface area contributed by atoms with Gasteiger partial charge in [0, 0.05) is 0 Å². The Morgan fingerprint density at radius 2 is 2.11 bits per heavy atom. The van der Waals surface area contributed by atoms with Gasteiger partial charge in [-0.25, -0.2) is 9.97 Å². The molecule has 0 bridgehead atoms. The van der Waals surface area contributed by atoms with Gasteiger partial charge in [-0.15, -0.1) is 0 Å². The van der Waals surface area contributed by atoms with Crippen molar-refractivity contribution >= 4 is 38.2 Å². The Morgan fingerprint density at radius 3 is 2.89 bits per heavy atom. The van der Waals surface area contributed by atoms with Crippen LogP contribution in [-0.4, -0.2) is 9.97 Å². The number of nitrogens with two attached hydrogens (primary N) is 1. The molecule has 0 aliphatic rings. The fraction of sp³-hybridized carbons (Fsp3) is 0.0769. The van der Waals surface area contributed by atoms with Crippen molar-refractivity contribution in [3.8, 4) is 0 Å². The lowest BCUT2D eigenvalue weighted by Gasteiger charge is -2.05. The predicted molar refractivity (Wildman–Crippen MR) is 76.3 cm³/mol. The van der Waals surface area contributed by atoms with Crippen molar-refractivity contribution in [3.05, 3.63) is 42.1 Å².